The molecule has 1 heterocycles. The molecule has 1 rings (SSSR count). The quantitative estimate of drug-likeness (QED) is 0.693. The van der Waals surface area contributed by atoms with Crippen LogP contribution in [-0.4, -0.2) is 30.4 Å². The molecule has 1 aliphatic rings. The average Bonchev–Trinajstić information content (AvgIpc) is 2.50. The maximum Gasteiger partial charge on any atom is 0.329 e. The third kappa shape index (κ3) is 2.76. The molecule has 1 N–H and O–H groups in total. The Hall–Kier alpha value is -0.475. The van der Waals surface area contributed by atoms with Gasteiger partial charge in [-0.3, -0.25) is 0 Å². The fourth-order valence-corrected chi connectivity index (χ4v) is 0.856. The van der Waals surface area contributed by atoms with Crippen LogP contribution in [0.4, 0.5) is 0 Å². The molecule has 0 aromatic carbocycles. The van der Waals surface area contributed by atoms with Crippen LogP contribution in [0.25, 0.3) is 0 Å². The van der Waals surface area contributed by atoms with Gasteiger partial charge in [0.2, 0.25) is 0 Å². The number of rotatable bonds is 4. The number of ether oxygens (including phenoxy) is 1. The summed E-state index contributed by atoms with van der Waals surface area (Å²) in [5.74, 6) is 0. The second-order valence-corrected chi connectivity index (χ2v) is 4.62. The summed E-state index contributed by atoms with van der Waals surface area (Å²) < 4.78 is 10.6. The summed E-state index contributed by atoms with van der Waals surface area (Å²) in [7, 11) is 1.67. The first kappa shape index (κ1) is 11.6. The van der Waals surface area contributed by atoms with E-state index in [-0.39, 0.29) is 0 Å². The van der Waals surface area contributed by atoms with Crippen LogP contribution in [0.15, 0.2) is 11.7 Å². The average molecular weight is 197 g/mol. The maximum atomic E-state index is 9.82. The zero-order valence-electron chi connectivity index (χ0n) is 9.33. The third-order valence-corrected chi connectivity index (χ3v) is 2.72. The van der Waals surface area contributed by atoms with Crippen molar-refractivity contribution in [2.75, 3.05) is 6.61 Å². The molecule has 0 fully saturated rings. The van der Waals surface area contributed by atoms with E-state index < -0.39 is 11.2 Å². The number of hydrogen-bond acceptors (Lipinski definition) is 3. The van der Waals surface area contributed by atoms with Crippen LogP contribution in [0.2, 0.25) is 0 Å². The molecular weight excluding hydrogens is 179 g/mol. The maximum absolute atomic E-state index is 9.82. The molecule has 79 valence electrons. The zero-order chi connectivity index (χ0) is 10.8. The second kappa shape index (κ2) is 3.95. The van der Waals surface area contributed by atoms with E-state index in [1.165, 1.54) is 0 Å². The van der Waals surface area contributed by atoms with Crippen molar-refractivity contribution in [3.05, 3.63) is 11.7 Å². The monoisotopic (exact) mass is 197 g/mol. The first-order chi connectivity index (χ1) is 6.33. The fourth-order valence-electron chi connectivity index (χ4n) is 0.856. The van der Waals surface area contributed by atoms with Gasteiger partial charge in [-0.15, -0.1) is 0 Å². The van der Waals surface area contributed by atoms with Crippen LogP contribution in [0.5, 0.6) is 0 Å². The van der Waals surface area contributed by atoms with Crippen molar-refractivity contribution in [1.82, 2.24) is 0 Å². The van der Waals surface area contributed by atoms with Gasteiger partial charge in [0.15, 0.2) is 0 Å². The second-order valence-electron chi connectivity index (χ2n) is 4.62. The van der Waals surface area contributed by atoms with E-state index in [2.05, 4.69) is 0 Å². The van der Waals surface area contributed by atoms with Gasteiger partial charge in [-0.1, -0.05) is 0 Å². The molecule has 1 aliphatic heterocycles. The predicted octanol–water partition coefficient (Wildman–Crippen LogP) is 1.43. The minimum Gasteiger partial charge on any atom is -0.502 e. The Morgan fingerprint density at radius 1 is 1.43 bits per heavy atom. The third-order valence-electron chi connectivity index (χ3n) is 2.72. The molecule has 0 amide bonds. The van der Waals surface area contributed by atoms with Crippen molar-refractivity contribution in [2.24, 2.45) is 0 Å². The molecule has 0 saturated heterocycles. The summed E-state index contributed by atoms with van der Waals surface area (Å²) in [4.78, 5) is 0. The Kier molecular flexibility index (Phi) is 3.27. The lowest BCUT2D eigenvalue weighted by atomic mass is 9.82. The molecule has 0 unspecified atom stereocenters. The SMILES string of the molecule is CC(C)(O)C(C)(C)O[B]C1=COCC1. The molecule has 0 atom stereocenters. The van der Waals surface area contributed by atoms with Crippen molar-refractivity contribution in [1.29, 1.82) is 0 Å². The van der Waals surface area contributed by atoms with E-state index >= 15 is 0 Å². The standard InChI is InChI=1S/C10H18BO3/c1-9(2,12)10(3,4)14-11-8-5-6-13-7-8/h7,12H,5-6H2,1-4H3. The van der Waals surface area contributed by atoms with Gasteiger partial charge in [-0.2, -0.15) is 0 Å². The summed E-state index contributed by atoms with van der Waals surface area (Å²) >= 11 is 0. The normalized spacial score (nSPS) is 17.6. The van der Waals surface area contributed by atoms with E-state index in [0.29, 0.717) is 0 Å². The van der Waals surface area contributed by atoms with Crippen molar-refractivity contribution < 1.29 is 14.5 Å². The minimum atomic E-state index is -0.872. The summed E-state index contributed by atoms with van der Waals surface area (Å²) in [5, 5.41) is 9.82. The Morgan fingerprint density at radius 3 is 2.50 bits per heavy atom. The molecule has 0 aromatic rings. The predicted molar refractivity (Wildman–Crippen MR) is 55.9 cm³/mol. The van der Waals surface area contributed by atoms with E-state index in [4.69, 9.17) is 9.39 Å². The highest BCUT2D eigenvalue weighted by atomic mass is 16.5. The first-order valence-electron chi connectivity index (χ1n) is 4.87. The molecule has 0 saturated carbocycles. The van der Waals surface area contributed by atoms with Gasteiger partial charge >= 0.3 is 7.48 Å². The van der Waals surface area contributed by atoms with Gasteiger partial charge in [0.05, 0.1) is 24.1 Å². The van der Waals surface area contributed by atoms with Crippen LogP contribution in [0, 0.1) is 0 Å². The van der Waals surface area contributed by atoms with Crippen molar-refractivity contribution >= 4 is 7.48 Å². The van der Waals surface area contributed by atoms with Gasteiger partial charge in [0.25, 0.3) is 0 Å². The summed E-state index contributed by atoms with van der Waals surface area (Å²) in [6.45, 7) is 7.92. The molecule has 0 bridgehead atoms. The molecule has 0 spiro atoms. The lowest BCUT2D eigenvalue weighted by Crippen LogP contribution is -2.48. The van der Waals surface area contributed by atoms with Crippen molar-refractivity contribution in [3.8, 4) is 0 Å². The van der Waals surface area contributed by atoms with Crippen molar-refractivity contribution in [3.63, 3.8) is 0 Å². The largest absolute Gasteiger partial charge is 0.502 e. The molecular formula is C10H18BO3. The Balaban J connectivity index is 2.43. The van der Waals surface area contributed by atoms with Crippen molar-refractivity contribution in [2.45, 2.75) is 45.3 Å². The van der Waals surface area contributed by atoms with Gasteiger partial charge in [0.1, 0.15) is 0 Å². The van der Waals surface area contributed by atoms with Crippen LogP contribution >= 0.6 is 0 Å². The highest BCUT2D eigenvalue weighted by Crippen LogP contribution is 2.25. The number of hydrogen-bond donors (Lipinski definition) is 1. The van der Waals surface area contributed by atoms with Gasteiger partial charge in [0, 0.05) is 0 Å². The van der Waals surface area contributed by atoms with E-state index in [9.17, 15) is 5.11 Å². The Bertz CT molecular complexity index is 228. The van der Waals surface area contributed by atoms with E-state index in [0.717, 1.165) is 18.5 Å². The molecule has 0 aliphatic carbocycles. The smallest absolute Gasteiger partial charge is 0.329 e. The van der Waals surface area contributed by atoms with Gasteiger partial charge in [-0.05, 0) is 39.6 Å². The van der Waals surface area contributed by atoms with Crippen LogP contribution < -0.4 is 0 Å². The fraction of sp³-hybridized carbons (Fsp3) is 0.800. The van der Waals surface area contributed by atoms with Gasteiger partial charge < -0.3 is 14.5 Å². The Labute approximate surface area is 86.4 Å². The minimum absolute atomic E-state index is 0.601. The van der Waals surface area contributed by atoms with Crippen LogP contribution in [-0.2, 0) is 9.39 Å². The summed E-state index contributed by atoms with van der Waals surface area (Å²) in [5.41, 5.74) is -0.442. The van der Waals surface area contributed by atoms with Crippen LogP contribution in [0.1, 0.15) is 34.1 Å². The Morgan fingerprint density at radius 2 is 2.07 bits per heavy atom. The zero-order valence-corrected chi connectivity index (χ0v) is 9.33. The topological polar surface area (TPSA) is 38.7 Å². The van der Waals surface area contributed by atoms with Gasteiger partial charge in [-0.25, -0.2) is 0 Å². The first-order valence-corrected chi connectivity index (χ1v) is 4.87. The lowest BCUT2D eigenvalue weighted by Gasteiger charge is -2.37. The van der Waals surface area contributed by atoms with E-state index in [1.807, 2.05) is 13.8 Å². The molecule has 0 aromatic heterocycles. The number of aliphatic hydroxyl groups is 1. The highest BCUT2D eigenvalue weighted by Gasteiger charge is 2.36. The van der Waals surface area contributed by atoms with Crippen LogP contribution in [0.3, 0.4) is 0 Å². The lowest BCUT2D eigenvalue weighted by molar-refractivity contribution is -0.0897. The molecule has 3 nitrogen and oxygen atoms in total. The summed E-state index contributed by atoms with van der Waals surface area (Å²) in [6.07, 6.45) is 2.57. The summed E-state index contributed by atoms with van der Waals surface area (Å²) in [6, 6.07) is 0. The molecule has 4 heteroatoms. The highest BCUT2D eigenvalue weighted by molar-refractivity contribution is 6.38. The molecule has 14 heavy (non-hydrogen) atoms. The molecule has 1 radical (unpaired) electrons. The van der Waals surface area contributed by atoms with E-state index in [1.54, 1.807) is 27.6 Å².